The predicted molar refractivity (Wildman–Crippen MR) is 247 cm³/mol. The number of para-hydroxylation sites is 4. The third-order valence-corrected chi connectivity index (χ3v) is 12.2. The van der Waals surface area contributed by atoms with E-state index in [0.717, 1.165) is 67.2 Å². The fraction of sp³-hybridized carbons (Fsp3) is 0. The topological polar surface area (TPSA) is 19.6 Å². The molecule has 0 saturated heterocycles. The minimum Gasteiger partial charge on any atom is -0.455 e. The molecule has 0 bridgehead atoms. The van der Waals surface area contributed by atoms with Gasteiger partial charge in [-0.1, -0.05) is 127 Å². The summed E-state index contributed by atoms with van der Waals surface area (Å²) < 4.78 is 9.41. The molecule has 11 aromatic rings. The predicted octanol–water partition coefficient (Wildman–Crippen LogP) is 16.2. The van der Waals surface area contributed by atoms with Crippen molar-refractivity contribution < 1.29 is 4.42 Å². The first-order valence-electron chi connectivity index (χ1n) is 19.6. The Morgan fingerprint density at radius 1 is 0.345 bits per heavy atom. The van der Waals surface area contributed by atoms with Gasteiger partial charge >= 0.3 is 0 Å². The molecule has 11 rings (SSSR count). The van der Waals surface area contributed by atoms with E-state index in [2.05, 4.69) is 228 Å². The Morgan fingerprint density at radius 3 is 1.53 bits per heavy atom. The Kier molecular flexibility index (Phi) is 8.34. The fourth-order valence-corrected chi connectivity index (χ4v) is 9.43. The Hall–Kier alpha value is -7.40. The minimum atomic E-state index is 0.857. The molecular weight excluding hydrogens is 725 g/mol. The number of benzene rings is 9. The largest absolute Gasteiger partial charge is 0.455 e. The average Bonchev–Trinajstić information content (AvgIpc) is 3.87. The molecule has 274 valence electrons. The molecule has 58 heavy (non-hydrogen) atoms. The lowest BCUT2D eigenvalue weighted by Gasteiger charge is -2.26. The molecule has 0 atom stereocenters. The molecule has 2 aromatic heterocycles. The van der Waals surface area contributed by atoms with Crippen LogP contribution in [0.1, 0.15) is 0 Å². The quantitative estimate of drug-likeness (QED) is 0.154. The summed E-state index contributed by atoms with van der Waals surface area (Å²) in [4.78, 5) is 4.63. The Labute approximate surface area is 340 Å². The molecule has 2 heterocycles. The van der Waals surface area contributed by atoms with E-state index in [1.165, 1.54) is 31.3 Å². The van der Waals surface area contributed by atoms with Gasteiger partial charge < -0.3 is 14.2 Å². The lowest BCUT2D eigenvalue weighted by Crippen LogP contribution is -2.09. The first kappa shape index (κ1) is 33.9. The van der Waals surface area contributed by atoms with E-state index in [1.54, 1.807) is 0 Å². The minimum absolute atomic E-state index is 0.857. The van der Waals surface area contributed by atoms with Crippen LogP contribution in [-0.2, 0) is 0 Å². The van der Waals surface area contributed by atoms with E-state index in [0.29, 0.717) is 0 Å². The molecule has 0 aliphatic rings. The molecule has 0 unspecified atom stereocenters. The second-order valence-corrected chi connectivity index (χ2v) is 15.6. The molecule has 0 N–H and O–H groups in total. The Bertz CT molecular complexity index is 3170. The van der Waals surface area contributed by atoms with Crippen molar-refractivity contribution in [2.24, 2.45) is 0 Å². The van der Waals surface area contributed by atoms with Gasteiger partial charge in [-0.25, -0.2) is 0 Å². The van der Waals surface area contributed by atoms with Crippen LogP contribution >= 0.6 is 11.3 Å². The van der Waals surface area contributed by atoms with Gasteiger partial charge in [0.15, 0.2) is 0 Å². The normalized spacial score (nSPS) is 11.4. The Morgan fingerprint density at radius 2 is 0.862 bits per heavy atom. The van der Waals surface area contributed by atoms with Gasteiger partial charge in [0.1, 0.15) is 11.2 Å². The van der Waals surface area contributed by atoms with Gasteiger partial charge in [-0.2, -0.15) is 0 Å². The smallest absolute Gasteiger partial charge is 0.143 e. The van der Waals surface area contributed by atoms with E-state index in [-0.39, 0.29) is 0 Å². The van der Waals surface area contributed by atoms with E-state index in [9.17, 15) is 0 Å². The Balaban J connectivity index is 0.964. The highest BCUT2D eigenvalue weighted by molar-refractivity contribution is 7.25. The van der Waals surface area contributed by atoms with Crippen molar-refractivity contribution in [1.29, 1.82) is 0 Å². The first-order chi connectivity index (χ1) is 28.8. The SMILES string of the molecule is c1ccc(N(c2ccc(-c3ccc4sc5ccccc5c4c3)cc2)c2ccc(-c3cccc4c3oc3cccc(N(c5ccccc5)c5ccccc5)c34)cc2)cc1. The van der Waals surface area contributed by atoms with Crippen molar-refractivity contribution in [3.8, 4) is 22.3 Å². The van der Waals surface area contributed by atoms with E-state index >= 15 is 0 Å². The molecule has 0 amide bonds. The van der Waals surface area contributed by atoms with Crippen molar-refractivity contribution in [2.45, 2.75) is 0 Å². The van der Waals surface area contributed by atoms with Crippen molar-refractivity contribution in [1.82, 2.24) is 0 Å². The zero-order valence-electron chi connectivity index (χ0n) is 31.5. The van der Waals surface area contributed by atoms with Crippen LogP contribution in [0.3, 0.4) is 0 Å². The summed E-state index contributed by atoms with van der Waals surface area (Å²) in [6, 6.07) is 77.8. The molecule has 9 aromatic carbocycles. The number of hydrogen-bond acceptors (Lipinski definition) is 4. The van der Waals surface area contributed by atoms with E-state index in [4.69, 9.17) is 4.42 Å². The van der Waals surface area contributed by atoms with Crippen LogP contribution in [0, 0.1) is 0 Å². The molecule has 0 radical (unpaired) electrons. The van der Waals surface area contributed by atoms with Crippen LogP contribution in [-0.4, -0.2) is 0 Å². The van der Waals surface area contributed by atoms with Gasteiger partial charge in [0, 0.05) is 59.6 Å². The molecular formula is C54H36N2OS. The lowest BCUT2D eigenvalue weighted by molar-refractivity contribution is 0.670. The second-order valence-electron chi connectivity index (χ2n) is 14.5. The average molecular weight is 761 g/mol. The van der Waals surface area contributed by atoms with Crippen molar-refractivity contribution in [3.05, 3.63) is 218 Å². The third kappa shape index (κ3) is 5.90. The number of nitrogens with zero attached hydrogens (tertiary/aromatic N) is 2. The zero-order chi connectivity index (χ0) is 38.4. The summed E-state index contributed by atoms with van der Waals surface area (Å²) in [5.41, 5.74) is 12.8. The van der Waals surface area contributed by atoms with Crippen molar-refractivity contribution >= 4 is 87.6 Å². The van der Waals surface area contributed by atoms with Crippen LogP contribution in [0.4, 0.5) is 34.1 Å². The fourth-order valence-electron chi connectivity index (χ4n) is 8.35. The maximum absolute atomic E-state index is 6.77. The highest BCUT2D eigenvalue weighted by Crippen LogP contribution is 2.45. The third-order valence-electron chi connectivity index (χ3n) is 11.1. The van der Waals surface area contributed by atoms with Gasteiger partial charge in [-0.15, -0.1) is 11.3 Å². The number of hydrogen-bond donors (Lipinski definition) is 0. The van der Waals surface area contributed by atoms with E-state index in [1.807, 2.05) is 11.3 Å². The molecule has 4 heteroatoms. The van der Waals surface area contributed by atoms with Gasteiger partial charge in [-0.05, 0) is 108 Å². The summed E-state index contributed by atoms with van der Waals surface area (Å²) in [6.07, 6.45) is 0. The first-order valence-corrected chi connectivity index (χ1v) is 20.4. The van der Waals surface area contributed by atoms with Crippen LogP contribution in [0.5, 0.6) is 0 Å². The summed E-state index contributed by atoms with van der Waals surface area (Å²) in [6.45, 7) is 0. The molecule has 0 spiro atoms. The summed E-state index contributed by atoms with van der Waals surface area (Å²) in [5.74, 6) is 0. The van der Waals surface area contributed by atoms with Crippen LogP contribution < -0.4 is 9.80 Å². The molecule has 0 aliphatic carbocycles. The lowest BCUT2D eigenvalue weighted by atomic mass is 10.0. The van der Waals surface area contributed by atoms with E-state index < -0.39 is 0 Å². The molecule has 0 aliphatic heterocycles. The molecule has 0 fully saturated rings. The van der Waals surface area contributed by atoms with Crippen LogP contribution in [0.2, 0.25) is 0 Å². The molecule has 3 nitrogen and oxygen atoms in total. The summed E-state index contributed by atoms with van der Waals surface area (Å²) in [5, 5.41) is 4.80. The van der Waals surface area contributed by atoms with Gasteiger partial charge in [0.05, 0.1) is 11.1 Å². The van der Waals surface area contributed by atoms with Gasteiger partial charge in [-0.3, -0.25) is 0 Å². The number of rotatable bonds is 8. The number of anilines is 6. The highest BCUT2D eigenvalue weighted by atomic mass is 32.1. The number of thiophene rings is 1. The van der Waals surface area contributed by atoms with Gasteiger partial charge in [0.2, 0.25) is 0 Å². The highest BCUT2D eigenvalue weighted by Gasteiger charge is 2.21. The molecule has 0 saturated carbocycles. The standard InChI is InChI=1S/C54H36N2OS/c1-4-14-40(15-5-1)55(43-31-26-37(27-32-43)39-30-35-52-48(36-39)46-20-10-11-25-51(46)58-52)44-33-28-38(29-34-44)45-21-12-22-47-53-49(23-13-24-50(53)57-54(45)47)56(41-16-6-2-7-17-41)42-18-8-3-9-19-42/h1-36H. The zero-order valence-corrected chi connectivity index (χ0v) is 32.3. The second kappa shape index (κ2) is 14.3. The van der Waals surface area contributed by atoms with Crippen molar-refractivity contribution in [3.63, 3.8) is 0 Å². The number of fused-ring (bicyclic) bond motifs is 6. The van der Waals surface area contributed by atoms with Crippen LogP contribution in [0.15, 0.2) is 223 Å². The van der Waals surface area contributed by atoms with Crippen molar-refractivity contribution in [2.75, 3.05) is 9.80 Å². The summed E-state index contributed by atoms with van der Waals surface area (Å²) >= 11 is 1.85. The summed E-state index contributed by atoms with van der Waals surface area (Å²) in [7, 11) is 0. The maximum atomic E-state index is 6.77. The van der Waals surface area contributed by atoms with Gasteiger partial charge in [0.25, 0.3) is 0 Å². The monoisotopic (exact) mass is 760 g/mol. The maximum Gasteiger partial charge on any atom is 0.143 e. The number of furan rings is 1. The van der Waals surface area contributed by atoms with Crippen LogP contribution in [0.25, 0.3) is 64.4 Å².